The number of piperidine rings is 1. The van der Waals surface area contributed by atoms with Crippen LogP contribution in [0.5, 0.6) is 0 Å². The number of nitrogens with zero attached hydrogens (tertiary/aromatic N) is 6. The lowest BCUT2D eigenvalue weighted by molar-refractivity contribution is 0.0718. The third-order valence-corrected chi connectivity index (χ3v) is 3.63. The van der Waals surface area contributed by atoms with Gasteiger partial charge in [0.25, 0.3) is 5.91 Å². The Morgan fingerprint density at radius 3 is 2.82 bits per heavy atom. The van der Waals surface area contributed by atoms with Gasteiger partial charge in [-0.05, 0) is 36.8 Å². The lowest BCUT2D eigenvalue weighted by Gasteiger charge is -2.29. The van der Waals surface area contributed by atoms with Crippen molar-refractivity contribution in [3.8, 4) is 0 Å². The van der Waals surface area contributed by atoms with E-state index in [9.17, 15) is 4.79 Å². The van der Waals surface area contributed by atoms with Crippen molar-refractivity contribution in [2.45, 2.75) is 25.8 Å². The number of likely N-dealkylation sites (tertiary alicyclic amines) is 1. The van der Waals surface area contributed by atoms with Crippen LogP contribution in [0, 0.1) is 6.92 Å². The number of hydrogen-bond acceptors (Lipinski definition) is 5. The van der Waals surface area contributed by atoms with Gasteiger partial charge in [0.05, 0.1) is 5.69 Å². The molecule has 0 aromatic carbocycles. The molecule has 1 aromatic heterocycles. The number of azide groups is 1. The summed E-state index contributed by atoms with van der Waals surface area (Å²) >= 11 is 1.13. The maximum atomic E-state index is 12.1. The molecule has 1 aliphatic rings. The number of carbonyl (C=O) groups excluding carboxylic acids is 1. The third kappa shape index (κ3) is 2.54. The molecule has 0 bridgehead atoms. The smallest absolute Gasteiger partial charge is 0.267 e. The molecular weight excluding hydrogens is 240 g/mol. The fourth-order valence-corrected chi connectivity index (χ4v) is 2.45. The zero-order valence-corrected chi connectivity index (χ0v) is 10.2. The second kappa shape index (κ2) is 5.11. The third-order valence-electron chi connectivity index (χ3n) is 2.81. The van der Waals surface area contributed by atoms with E-state index < -0.39 is 0 Å². The van der Waals surface area contributed by atoms with Crippen LogP contribution >= 0.6 is 11.5 Å². The van der Waals surface area contributed by atoms with E-state index in [1.807, 2.05) is 0 Å². The van der Waals surface area contributed by atoms with Gasteiger partial charge in [0.1, 0.15) is 4.88 Å². The highest BCUT2D eigenvalue weighted by Gasteiger charge is 2.25. The van der Waals surface area contributed by atoms with Crippen LogP contribution in [0.2, 0.25) is 0 Å². The Bertz CT molecular complexity index is 458. The van der Waals surface area contributed by atoms with Crippen molar-refractivity contribution in [1.29, 1.82) is 0 Å². The first-order valence-corrected chi connectivity index (χ1v) is 6.12. The second-order valence-corrected chi connectivity index (χ2v) is 4.67. The van der Waals surface area contributed by atoms with Gasteiger partial charge in [-0.25, -0.2) is 0 Å². The van der Waals surface area contributed by atoms with E-state index in [-0.39, 0.29) is 11.9 Å². The summed E-state index contributed by atoms with van der Waals surface area (Å²) in [5, 5.41) is 7.51. The standard InChI is InChI=1S/C9H12N6OS/c1-6-8(17-14-11-6)9(16)15-4-2-7(3-5-15)12-13-10/h7H,2-5H2,1H3. The van der Waals surface area contributed by atoms with Gasteiger partial charge in [-0.3, -0.25) is 4.79 Å². The predicted octanol–water partition coefficient (Wildman–Crippen LogP) is 1.76. The van der Waals surface area contributed by atoms with E-state index in [0.29, 0.717) is 23.7 Å². The SMILES string of the molecule is Cc1nnsc1C(=O)N1CCC(N=[N+]=[N-])CC1. The zero-order chi connectivity index (χ0) is 12.3. The van der Waals surface area contributed by atoms with E-state index in [2.05, 4.69) is 19.6 Å². The van der Waals surface area contributed by atoms with Crippen LogP contribution in [0.25, 0.3) is 10.4 Å². The highest BCUT2D eigenvalue weighted by Crippen LogP contribution is 2.18. The molecule has 1 amide bonds. The number of aryl methyl sites for hydroxylation is 1. The fourth-order valence-electron chi connectivity index (χ4n) is 1.83. The first-order chi connectivity index (χ1) is 8.22. The van der Waals surface area contributed by atoms with Gasteiger partial charge in [-0.2, -0.15) is 0 Å². The van der Waals surface area contributed by atoms with Gasteiger partial charge in [-0.15, -0.1) is 5.10 Å². The van der Waals surface area contributed by atoms with Gasteiger partial charge >= 0.3 is 0 Å². The number of amides is 1. The van der Waals surface area contributed by atoms with E-state index in [0.717, 1.165) is 24.4 Å². The average Bonchev–Trinajstić information content (AvgIpc) is 2.76. The van der Waals surface area contributed by atoms with Crippen LogP contribution in [-0.2, 0) is 0 Å². The van der Waals surface area contributed by atoms with Crippen molar-refractivity contribution in [2.24, 2.45) is 5.11 Å². The summed E-state index contributed by atoms with van der Waals surface area (Å²) in [6.45, 7) is 3.03. The average molecular weight is 252 g/mol. The Balaban J connectivity index is 2.00. The summed E-state index contributed by atoms with van der Waals surface area (Å²) in [5.41, 5.74) is 9.02. The van der Waals surface area contributed by atoms with Gasteiger partial charge in [0.2, 0.25) is 0 Å². The van der Waals surface area contributed by atoms with Crippen LogP contribution in [0.15, 0.2) is 5.11 Å². The largest absolute Gasteiger partial charge is 0.338 e. The molecule has 0 saturated carbocycles. The summed E-state index contributed by atoms with van der Waals surface area (Å²) in [5.74, 6) is -0.0168. The molecule has 7 nitrogen and oxygen atoms in total. The number of rotatable bonds is 2. The first-order valence-electron chi connectivity index (χ1n) is 5.35. The predicted molar refractivity (Wildman–Crippen MR) is 62.7 cm³/mol. The molecule has 1 aromatic rings. The van der Waals surface area contributed by atoms with Crippen molar-refractivity contribution in [3.63, 3.8) is 0 Å². The molecule has 2 heterocycles. The molecule has 0 N–H and O–H groups in total. The molecule has 90 valence electrons. The molecule has 1 aliphatic heterocycles. The molecule has 0 spiro atoms. The molecule has 17 heavy (non-hydrogen) atoms. The Morgan fingerprint density at radius 1 is 1.59 bits per heavy atom. The molecule has 1 saturated heterocycles. The molecule has 0 radical (unpaired) electrons. The topological polar surface area (TPSA) is 94.9 Å². The van der Waals surface area contributed by atoms with Crippen LogP contribution in [0.3, 0.4) is 0 Å². The van der Waals surface area contributed by atoms with Gasteiger partial charge in [-0.1, -0.05) is 9.60 Å². The number of carbonyl (C=O) groups is 1. The van der Waals surface area contributed by atoms with Crippen molar-refractivity contribution in [2.75, 3.05) is 13.1 Å². The lowest BCUT2D eigenvalue weighted by Crippen LogP contribution is -2.39. The Kier molecular flexibility index (Phi) is 3.55. The summed E-state index contributed by atoms with van der Waals surface area (Å²) in [7, 11) is 0. The Labute approximate surface area is 102 Å². The molecule has 0 aliphatic carbocycles. The monoisotopic (exact) mass is 252 g/mol. The molecule has 8 heteroatoms. The summed E-state index contributed by atoms with van der Waals surface area (Å²) in [4.78, 5) is 17.3. The van der Waals surface area contributed by atoms with Crippen LogP contribution < -0.4 is 0 Å². The normalized spacial score (nSPS) is 16.6. The van der Waals surface area contributed by atoms with E-state index in [4.69, 9.17) is 5.53 Å². The Hall–Kier alpha value is -1.66. The minimum atomic E-state index is -0.0168. The minimum absolute atomic E-state index is 0.0168. The van der Waals surface area contributed by atoms with E-state index in [1.165, 1.54) is 0 Å². The zero-order valence-electron chi connectivity index (χ0n) is 9.41. The minimum Gasteiger partial charge on any atom is -0.338 e. The van der Waals surface area contributed by atoms with Crippen LogP contribution in [0.4, 0.5) is 0 Å². The molecule has 0 unspecified atom stereocenters. The van der Waals surface area contributed by atoms with Crippen LogP contribution in [0.1, 0.15) is 28.2 Å². The second-order valence-electron chi connectivity index (χ2n) is 3.92. The highest BCUT2D eigenvalue weighted by molar-refractivity contribution is 7.07. The number of aromatic nitrogens is 2. The maximum absolute atomic E-state index is 12.1. The summed E-state index contributed by atoms with van der Waals surface area (Å²) < 4.78 is 3.76. The lowest BCUT2D eigenvalue weighted by atomic mass is 10.1. The molecule has 2 rings (SSSR count). The first kappa shape index (κ1) is 11.8. The van der Waals surface area contributed by atoms with Gasteiger partial charge in [0, 0.05) is 24.0 Å². The van der Waals surface area contributed by atoms with E-state index >= 15 is 0 Å². The van der Waals surface area contributed by atoms with Crippen LogP contribution in [-0.4, -0.2) is 39.5 Å². The summed E-state index contributed by atoms with van der Waals surface area (Å²) in [6, 6.07) is 0.0183. The highest BCUT2D eigenvalue weighted by atomic mass is 32.1. The summed E-state index contributed by atoms with van der Waals surface area (Å²) in [6.07, 6.45) is 1.45. The molecule has 0 atom stereocenters. The number of hydrogen-bond donors (Lipinski definition) is 0. The van der Waals surface area contributed by atoms with Gasteiger partial charge < -0.3 is 4.90 Å². The molecular formula is C9H12N6OS. The Morgan fingerprint density at radius 2 is 2.29 bits per heavy atom. The fraction of sp³-hybridized carbons (Fsp3) is 0.667. The van der Waals surface area contributed by atoms with Crippen molar-refractivity contribution >= 4 is 17.4 Å². The van der Waals surface area contributed by atoms with Crippen molar-refractivity contribution < 1.29 is 4.79 Å². The molecule has 1 fully saturated rings. The maximum Gasteiger partial charge on any atom is 0.267 e. The van der Waals surface area contributed by atoms with Crippen molar-refractivity contribution in [1.82, 2.24) is 14.5 Å². The van der Waals surface area contributed by atoms with Crippen molar-refractivity contribution in [3.05, 3.63) is 21.0 Å². The quantitative estimate of drug-likeness (QED) is 0.456. The van der Waals surface area contributed by atoms with Gasteiger partial charge in [0.15, 0.2) is 0 Å². The van der Waals surface area contributed by atoms with E-state index in [1.54, 1.807) is 11.8 Å².